The SMILES string of the molecule is CCC(CO)N1CCN(C(=O)CCc2ccc(C)cc2)CC1. The number of rotatable bonds is 6. The Kier molecular flexibility index (Phi) is 6.40. The molecule has 122 valence electrons. The van der Waals surface area contributed by atoms with Crippen molar-refractivity contribution in [1.82, 2.24) is 9.80 Å². The molecule has 1 aromatic rings. The summed E-state index contributed by atoms with van der Waals surface area (Å²) in [6.45, 7) is 7.68. The quantitative estimate of drug-likeness (QED) is 0.872. The maximum absolute atomic E-state index is 12.3. The van der Waals surface area contributed by atoms with Gasteiger partial charge in [0.25, 0.3) is 0 Å². The second-order valence-corrected chi connectivity index (χ2v) is 6.15. The molecule has 4 heteroatoms. The third-order valence-electron chi connectivity index (χ3n) is 4.61. The first-order valence-electron chi connectivity index (χ1n) is 8.32. The van der Waals surface area contributed by atoms with Crippen LogP contribution in [0.4, 0.5) is 0 Å². The zero-order valence-corrected chi connectivity index (χ0v) is 13.8. The molecule has 1 N–H and O–H groups in total. The lowest BCUT2D eigenvalue weighted by molar-refractivity contribution is -0.133. The van der Waals surface area contributed by atoms with Gasteiger partial charge in [0.05, 0.1) is 6.61 Å². The molecule has 2 rings (SSSR count). The highest BCUT2D eigenvalue weighted by Gasteiger charge is 2.24. The Bertz CT molecular complexity index is 460. The fourth-order valence-electron chi connectivity index (χ4n) is 3.00. The van der Waals surface area contributed by atoms with Crippen molar-refractivity contribution >= 4 is 5.91 Å². The van der Waals surface area contributed by atoms with Gasteiger partial charge in [0.15, 0.2) is 0 Å². The molecule has 1 saturated heterocycles. The molecule has 0 aromatic heterocycles. The van der Waals surface area contributed by atoms with Gasteiger partial charge in [-0.05, 0) is 25.3 Å². The van der Waals surface area contributed by atoms with Gasteiger partial charge < -0.3 is 10.0 Å². The van der Waals surface area contributed by atoms with Crippen molar-refractivity contribution in [2.45, 2.75) is 39.2 Å². The van der Waals surface area contributed by atoms with E-state index in [4.69, 9.17) is 0 Å². The van der Waals surface area contributed by atoms with Gasteiger partial charge in [-0.2, -0.15) is 0 Å². The first-order valence-corrected chi connectivity index (χ1v) is 8.32. The number of benzene rings is 1. The van der Waals surface area contributed by atoms with Gasteiger partial charge in [-0.3, -0.25) is 9.69 Å². The highest BCUT2D eigenvalue weighted by molar-refractivity contribution is 5.76. The molecule has 0 aliphatic carbocycles. The van der Waals surface area contributed by atoms with Gasteiger partial charge in [0, 0.05) is 38.6 Å². The first kappa shape index (κ1) is 17.0. The van der Waals surface area contributed by atoms with Crippen LogP contribution in [0.25, 0.3) is 0 Å². The van der Waals surface area contributed by atoms with E-state index < -0.39 is 0 Å². The number of hydrogen-bond donors (Lipinski definition) is 1. The summed E-state index contributed by atoms with van der Waals surface area (Å²) >= 11 is 0. The monoisotopic (exact) mass is 304 g/mol. The summed E-state index contributed by atoms with van der Waals surface area (Å²) in [5.41, 5.74) is 2.48. The Morgan fingerprint density at radius 3 is 2.36 bits per heavy atom. The van der Waals surface area contributed by atoms with Gasteiger partial charge >= 0.3 is 0 Å². The maximum Gasteiger partial charge on any atom is 0.222 e. The van der Waals surface area contributed by atoms with Gasteiger partial charge in [-0.25, -0.2) is 0 Å². The molecular weight excluding hydrogens is 276 g/mol. The second kappa shape index (κ2) is 8.30. The molecule has 1 atom stereocenters. The number of aryl methyl sites for hydroxylation is 2. The summed E-state index contributed by atoms with van der Waals surface area (Å²) in [4.78, 5) is 16.6. The third-order valence-corrected chi connectivity index (χ3v) is 4.61. The number of aliphatic hydroxyl groups is 1. The topological polar surface area (TPSA) is 43.8 Å². The van der Waals surface area contributed by atoms with E-state index in [1.807, 2.05) is 4.90 Å². The number of nitrogens with zero attached hydrogens (tertiary/aromatic N) is 2. The van der Waals surface area contributed by atoms with Crippen molar-refractivity contribution in [2.75, 3.05) is 32.8 Å². The second-order valence-electron chi connectivity index (χ2n) is 6.15. The minimum atomic E-state index is 0.206. The largest absolute Gasteiger partial charge is 0.395 e. The van der Waals surface area contributed by atoms with Gasteiger partial charge in [-0.15, -0.1) is 0 Å². The Morgan fingerprint density at radius 2 is 1.82 bits per heavy atom. The van der Waals surface area contributed by atoms with Crippen LogP contribution < -0.4 is 0 Å². The van der Waals surface area contributed by atoms with Gasteiger partial charge in [0.2, 0.25) is 5.91 Å². The number of hydrogen-bond acceptors (Lipinski definition) is 3. The normalized spacial score (nSPS) is 17.5. The van der Waals surface area contributed by atoms with E-state index in [0.29, 0.717) is 6.42 Å². The first-order chi connectivity index (χ1) is 10.6. The molecule has 0 radical (unpaired) electrons. The van der Waals surface area contributed by atoms with E-state index in [2.05, 4.69) is 43.0 Å². The average molecular weight is 304 g/mol. The Morgan fingerprint density at radius 1 is 1.18 bits per heavy atom. The number of piperazine rings is 1. The Balaban J connectivity index is 1.76. The molecule has 0 bridgehead atoms. The van der Waals surface area contributed by atoms with Gasteiger partial charge in [0.1, 0.15) is 0 Å². The lowest BCUT2D eigenvalue weighted by Gasteiger charge is -2.38. The van der Waals surface area contributed by atoms with E-state index >= 15 is 0 Å². The predicted octanol–water partition coefficient (Wildman–Crippen LogP) is 1.84. The minimum Gasteiger partial charge on any atom is -0.395 e. The average Bonchev–Trinajstić information content (AvgIpc) is 2.56. The number of aliphatic hydroxyl groups excluding tert-OH is 1. The zero-order valence-electron chi connectivity index (χ0n) is 13.8. The van der Waals surface area contributed by atoms with Crippen molar-refractivity contribution < 1.29 is 9.90 Å². The lowest BCUT2D eigenvalue weighted by Crippen LogP contribution is -2.52. The highest BCUT2D eigenvalue weighted by Crippen LogP contribution is 2.12. The molecule has 1 aliphatic heterocycles. The Labute approximate surface area is 133 Å². The molecular formula is C18H28N2O2. The van der Waals surface area contributed by atoms with E-state index in [1.54, 1.807) is 0 Å². The molecule has 1 amide bonds. The molecule has 1 aliphatic rings. The van der Waals surface area contributed by atoms with Crippen molar-refractivity contribution in [2.24, 2.45) is 0 Å². The summed E-state index contributed by atoms with van der Waals surface area (Å²) in [5.74, 6) is 0.247. The number of carbonyl (C=O) groups is 1. The van der Waals surface area contributed by atoms with Crippen LogP contribution in [0, 0.1) is 6.92 Å². The fraction of sp³-hybridized carbons (Fsp3) is 0.611. The summed E-state index contributed by atoms with van der Waals surface area (Å²) < 4.78 is 0. The van der Waals surface area contributed by atoms with Crippen LogP contribution in [0.15, 0.2) is 24.3 Å². The van der Waals surface area contributed by atoms with Crippen LogP contribution >= 0.6 is 0 Å². The van der Waals surface area contributed by atoms with E-state index in [1.165, 1.54) is 11.1 Å². The van der Waals surface area contributed by atoms with Crippen LogP contribution in [-0.4, -0.2) is 59.6 Å². The lowest BCUT2D eigenvalue weighted by atomic mass is 10.1. The van der Waals surface area contributed by atoms with Crippen LogP contribution in [-0.2, 0) is 11.2 Å². The highest BCUT2D eigenvalue weighted by atomic mass is 16.3. The van der Waals surface area contributed by atoms with Crippen LogP contribution in [0.5, 0.6) is 0 Å². The molecule has 1 fully saturated rings. The summed E-state index contributed by atoms with van der Waals surface area (Å²) in [5, 5.41) is 9.36. The van der Waals surface area contributed by atoms with Gasteiger partial charge in [-0.1, -0.05) is 36.8 Å². The summed E-state index contributed by atoms with van der Waals surface area (Å²) in [6, 6.07) is 8.64. The number of amides is 1. The summed E-state index contributed by atoms with van der Waals surface area (Å²) in [7, 11) is 0. The molecule has 1 unspecified atom stereocenters. The zero-order chi connectivity index (χ0) is 15.9. The smallest absolute Gasteiger partial charge is 0.222 e. The summed E-state index contributed by atoms with van der Waals surface area (Å²) in [6.07, 6.45) is 2.35. The molecule has 22 heavy (non-hydrogen) atoms. The van der Waals surface area contributed by atoms with E-state index in [-0.39, 0.29) is 18.6 Å². The van der Waals surface area contributed by atoms with Crippen LogP contribution in [0.1, 0.15) is 30.9 Å². The molecule has 0 saturated carbocycles. The van der Waals surface area contributed by atoms with E-state index in [9.17, 15) is 9.90 Å². The van der Waals surface area contributed by atoms with Crippen molar-refractivity contribution in [3.05, 3.63) is 35.4 Å². The van der Waals surface area contributed by atoms with Crippen LogP contribution in [0.3, 0.4) is 0 Å². The maximum atomic E-state index is 12.3. The van der Waals surface area contributed by atoms with E-state index in [0.717, 1.165) is 39.0 Å². The standard InChI is InChI=1S/C18H28N2O2/c1-3-17(14-21)19-10-12-20(13-11-19)18(22)9-8-16-6-4-15(2)5-7-16/h4-7,17,21H,3,8-14H2,1-2H3. The minimum absolute atomic E-state index is 0.206. The van der Waals surface area contributed by atoms with Crippen molar-refractivity contribution in [1.29, 1.82) is 0 Å². The molecule has 1 aromatic carbocycles. The Hall–Kier alpha value is -1.39. The number of carbonyl (C=O) groups excluding carboxylic acids is 1. The molecule has 1 heterocycles. The molecule has 4 nitrogen and oxygen atoms in total. The van der Waals surface area contributed by atoms with Crippen molar-refractivity contribution in [3.8, 4) is 0 Å². The predicted molar refractivity (Wildman–Crippen MR) is 88.8 cm³/mol. The fourth-order valence-corrected chi connectivity index (χ4v) is 3.00. The molecule has 0 spiro atoms. The van der Waals surface area contributed by atoms with Crippen LogP contribution in [0.2, 0.25) is 0 Å². The third kappa shape index (κ3) is 4.55. The van der Waals surface area contributed by atoms with Crippen molar-refractivity contribution in [3.63, 3.8) is 0 Å².